The molecule has 2 aromatic carbocycles. The van der Waals surface area contributed by atoms with Gasteiger partial charge < -0.3 is 25.5 Å². The maximum atomic E-state index is 12.7. The average Bonchev–Trinajstić information content (AvgIpc) is 2.91. The summed E-state index contributed by atoms with van der Waals surface area (Å²) in [5.41, 5.74) is 1.33. The summed E-state index contributed by atoms with van der Waals surface area (Å²) in [6.45, 7) is 7.34. The largest absolute Gasteiger partial charge is 0.480 e. The summed E-state index contributed by atoms with van der Waals surface area (Å²) >= 11 is 0. The normalized spacial score (nSPS) is 20.7. The minimum absolute atomic E-state index is 0.0550. The highest BCUT2D eigenvalue weighted by atomic mass is 32.2. The highest BCUT2D eigenvalue weighted by Crippen LogP contribution is 2.23. The molecule has 11 nitrogen and oxygen atoms in total. The van der Waals surface area contributed by atoms with Gasteiger partial charge in [0.2, 0.25) is 10.0 Å². The number of rotatable bonds is 8. The molecule has 4 rings (SSSR count). The van der Waals surface area contributed by atoms with Gasteiger partial charge in [-0.25, -0.2) is 8.42 Å². The van der Waals surface area contributed by atoms with Crippen molar-refractivity contribution in [1.82, 2.24) is 20.3 Å². The van der Waals surface area contributed by atoms with Gasteiger partial charge in [0.15, 0.2) is 5.96 Å². The van der Waals surface area contributed by atoms with Crippen molar-refractivity contribution in [3.05, 3.63) is 60.2 Å². The number of nitrogens with one attached hydrogen (secondary N) is 3. The molecular formula is C26H34N6O5S. The lowest BCUT2D eigenvalue weighted by molar-refractivity contribution is -0.138. The third-order valence-corrected chi connectivity index (χ3v) is 8.14. The molecule has 3 atom stereocenters. The van der Waals surface area contributed by atoms with Gasteiger partial charge >= 0.3 is 5.97 Å². The van der Waals surface area contributed by atoms with Crippen molar-refractivity contribution in [1.29, 1.82) is 0 Å². The Hall–Kier alpha value is -3.64. The number of piperazine rings is 1. The number of sulfonamides is 1. The second-order valence-corrected chi connectivity index (χ2v) is 11.3. The molecule has 1 saturated heterocycles. The maximum Gasteiger partial charge on any atom is 0.323 e. The van der Waals surface area contributed by atoms with E-state index in [1.54, 1.807) is 30.3 Å². The fourth-order valence-corrected chi connectivity index (χ4v) is 6.01. The Morgan fingerprint density at radius 2 is 1.74 bits per heavy atom. The summed E-state index contributed by atoms with van der Waals surface area (Å²) in [6, 6.07) is 13.5. The van der Waals surface area contributed by atoms with Crippen molar-refractivity contribution < 1.29 is 23.1 Å². The van der Waals surface area contributed by atoms with Crippen LogP contribution in [-0.4, -0.2) is 87.1 Å². The zero-order chi connectivity index (χ0) is 27.3. The lowest BCUT2D eigenvalue weighted by Gasteiger charge is -2.47. The van der Waals surface area contributed by atoms with Crippen LogP contribution in [0, 0.1) is 0 Å². The summed E-state index contributed by atoms with van der Waals surface area (Å²) in [5, 5.41) is 15.4. The number of benzene rings is 2. The van der Waals surface area contributed by atoms with Gasteiger partial charge in [-0.15, -0.1) is 0 Å². The number of carboxylic acids is 1. The molecule has 0 saturated carbocycles. The first-order valence-corrected chi connectivity index (χ1v) is 14.1. The number of amides is 1. The molecule has 2 aliphatic rings. The van der Waals surface area contributed by atoms with E-state index in [0.717, 1.165) is 44.2 Å². The quantitative estimate of drug-likeness (QED) is 0.388. The molecule has 12 heteroatoms. The molecule has 204 valence electrons. The highest BCUT2D eigenvalue weighted by Gasteiger charge is 2.32. The van der Waals surface area contributed by atoms with E-state index in [9.17, 15) is 23.1 Å². The van der Waals surface area contributed by atoms with Gasteiger partial charge in [-0.3, -0.25) is 14.6 Å². The Morgan fingerprint density at radius 1 is 1.08 bits per heavy atom. The molecule has 38 heavy (non-hydrogen) atoms. The zero-order valence-electron chi connectivity index (χ0n) is 21.5. The Bertz CT molecular complexity index is 1260. The molecule has 1 fully saturated rings. The van der Waals surface area contributed by atoms with Crippen LogP contribution in [0.2, 0.25) is 0 Å². The highest BCUT2D eigenvalue weighted by molar-refractivity contribution is 7.89. The standard InChI is InChI=1S/C26H34N6O5S/c1-18-16-31(17-19(2)32(18)26-27-13-6-14-28-26)21-11-9-20(10-12-21)24(33)29-15-23(25(34)35)30-38(36,37)22-7-4-3-5-8-22/h3-5,7-12,18-19,23,30H,6,13-17H2,1-2H3,(H,27,28)(H,29,33)(H,34,35)/t18-,19+,23-/m0/s1. The van der Waals surface area contributed by atoms with Crippen LogP contribution in [0.4, 0.5) is 5.69 Å². The van der Waals surface area contributed by atoms with Gasteiger partial charge in [-0.2, -0.15) is 4.72 Å². The fourth-order valence-electron chi connectivity index (χ4n) is 4.80. The number of anilines is 1. The van der Waals surface area contributed by atoms with Crippen LogP contribution in [0.5, 0.6) is 0 Å². The van der Waals surface area contributed by atoms with Crippen molar-refractivity contribution in [3.63, 3.8) is 0 Å². The van der Waals surface area contributed by atoms with Crippen LogP contribution in [0.25, 0.3) is 0 Å². The summed E-state index contributed by atoms with van der Waals surface area (Å²) in [7, 11) is -4.06. The van der Waals surface area contributed by atoms with Gasteiger partial charge in [0.05, 0.1) is 4.90 Å². The molecule has 0 aliphatic carbocycles. The maximum absolute atomic E-state index is 12.7. The number of aliphatic carboxylic acids is 1. The number of carboxylic acid groups (broad SMARTS) is 1. The van der Waals surface area contributed by atoms with E-state index in [2.05, 4.69) is 44.0 Å². The van der Waals surface area contributed by atoms with Crippen molar-refractivity contribution in [2.45, 2.75) is 43.3 Å². The number of guanidine groups is 1. The van der Waals surface area contributed by atoms with Crippen molar-refractivity contribution in [3.8, 4) is 0 Å². The van der Waals surface area contributed by atoms with Crippen molar-refractivity contribution in [2.24, 2.45) is 4.99 Å². The predicted molar refractivity (Wildman–Crippen MR) is 145 cm³/mol. The zero-order valence-corrected chi connectivity index (χ0v) is 22.3. The van der Waals surface area contributed by atoms with Crippen molar-refractivity contribution >= 4 is 33.5 Å². The lowest BCUT2D eigenvalue weighted by atomic mass is 10.1. The van der Waals surface area contributed by atoms with E-state index in [0.29, 0.717) is 5.56 Å². The molecule has 2 aromatic rings. The van der Waals surface area contributed by atoms with E-state index < -0.39 is 34.5 Å². The smallest absolute Gasteiger partial charge is 0.323 e. The summed E-state index contributed by atoms with van der Waals surface area (Å²) in [6.07, 6.45) is 1.05. The van der Waals surface area contributed by atoms with E-state index >= 15 is 0 Å². The van der Waals surface area contributed by atoms with E-state index in [1.807, 2.05) is 12.1 Å². The number of carbonyl (C=O) groups excluding carboxylic acids is 1. The first kappa shape index (κ1) is 27.4. The summed E-state index contributed by atoms with van der Waals surface area (Å²) in [5.74, 6) is -0.916. The third-order valence-electron chi connectivity index (χ3n) is 6.65. The second kappa shape index (κ2) is 11.8. The summed E-state index contributed by atoms with van der Waals surface area (Å²) in [4.78, 5) is 33.6. The van der Waals surface area contributed by atoms with E-state index in [4.69, 9.17) is 0 Å². The van der Waals surface area contributed by atoms with Crippen LogP contribution in [0.15, 0.2) is 64.5 Å². The molecule has 0 spiro atoms. The Morgan fingerprint density at radius 3 is 2.32 bits per heavy atom. The molecule has 4 N–H and O–H groups in total. The number of nitrogens with zero attached hydrogens (tertiary/aromatic N) is 3. The first-order chi connectivity index (χ1) is 18.2. The first-order valence-electron chi connectivity index (χ1n) is 12.7. The number of aliphatic imine (C=N–C) groups is 1. The Balaban J connectivity index is 1.35. The van der Waals surface area contributed by atoms with Gasteiger partial charge in [0.25, 0.3) is 5.91 Å². The lowest BCUT2D eigenvalue weighted by Crippen LogP contribution is -2.62. The minimum atomic E-state index is -4.06. The Kier molecular flexibility index (Phi) is 8.52. The van der Waals surface area contributed by atoms with Crippen LogP contribution in [0.1, 0.15) is 30.6 Å². The monoisotopic (exact) mass is 542 g/mol. The molecular weight excluding hydrogens is 508 g/mol. The average molecular weight is 543 g/mol. The molecule has 0 unspecified atom stereocenters. The minimum Gasteiger partial charge on any atom is -0.480 e. The number of hydrogen-bond acceptors (Lipinski definition) is 8. The molecule has 1 amide bonds. The van der Waals surface area contributed by atoms with Gasteiger partial charge in [0.1, 0.15) is 6.04 Å². The van der Waals surface area contributed by atoms with E-state index in [1.165, 1.54) is 12.1 Å². The molecule has 2 heterocycles. The Labute approximate surface area is 223 Å². The number of hydrogen-bond donors (Lipinski definition) is 4. The van der Waals surface area contributed by atoms with Crippen LogP contribution < -0.4 is 20.3 Å². The molecule has 0 radical (unpaired) electrons. The topological polar surface area (TPSA) is 143 Å². The molecule has 0 aromatic heterocycles. The van der Waals surface area contributed by atoms with Gasteiger partial charge in [-0.05, 0) is 56.7 Å². The third kappa shape index (κ3) is 6.43. The van der Waals surface area contributed by atoms with Crippen molar-refractivity contribution in [2.75, 3.05) is 37.6 Å². The second-order valence-electron chi connectivity index (χ2n) is 9.58. The van der Waals surface area contributed by atoms with Crippen LogP contribution in [0.3, 0.4) is 0 Å². The molecule has 2 aliphatic heterocycles. The number of carbonyl (C=O) groups is 2. The van der Waals surface area contributed by atoms with Crippen LogP contribution in [-0.2, 0) is 14.8 Å². The SMILES string of the molecule is C[C@@H]1CN(c2ccc(C(=O)NC[C@H](NS(=O)(=O)c3ccccc3)C(=O)O)cc2)C[C@H](C)N1C1=NCCCN1. The molecule has 0 bridgehead atoms. The predicted octanol–water partition coefficient (Wildman–Crippen LogP) is 1.10. The summed E-state index contributed by atoms with van der Waals surface area (Å²) < 4.78 is 27.1. The van der Waals surface area contributed by atoms with E-state index in [-0.39, 0.29) is 17.0 Å². The van der Waals surface area contributed by atoms with Crippen LogP contribution >= 0.6 is 0 Å². The fraction of sp³-hybridized carbons (Fsp3) is 0.423. The van der Waals surface area contributed by atoms with Gasteiger partial charge in [0, 0.05) is 56.1 Å². The van der Waals surface area contributed by atoms with Gasteiger partial charge in [-0.1, -0.05) is 18.2 Å².